The first kappa shape index (κ1) is 13.9. The molecule has 18 heavy (non-hydrogen) atoms. The number of rotatable bonds is 3. The number of hydrogen-bond donors (Lipinski definition) is 0. The zero-order valence-corrected chi connectivity index (χ0v) is 13.1. The minimum absolute atomic E-state index is 0.0226. The van der Waals surface area contributed by atoms with Gasteiger partial charge in [-0.3, -0.25) is 0 Å². The Morgan fingerprint density at radius 2 is 1.72 bits per heavy atom. The predicted molar refractivity (Wildman–Crippen MR) is 80.9 cm³/mol. The highest BCUT2D eigenvalue weighted by molar-refractivity contribution is 14.1. The van der Waals surface area contributed by atoms with Crippen LogP contribution in [0.3, 0.4) is 0 Å². The van der Waals surface area contributed by atoms with Gasteiger partial charge in [-0.2, -0.15) is 0 Å². The number of alkyl halides is 1. The van der Waals surface area contributed by atoms with Crippen molar-refractivity contribution in [1.29, 1.82) is 0 Å². The van der Waals surface area contributed by atoms with Gasteiger partial charge in [0.05, 0.1) is 0 Å². The Morgan fingerprint density at radius 1 is 1.06 bits per heavy atom. The second kappa shape index (κ2) is 6.10. The molecule has 0 saturated heterocycles. The highest BCUT2D eigenvalue weighted by Crippen LogP contribution is 2.28. The molecule has 94 valence electrons. The molecule has 0 heterocycles. The fraction of sp³-hybridized carbons (Fsp3) is 0.143. The Bertz CT molecular complexity index is 540. The minimum atomic E-state index is -0.545. The maximum atomic E-state index is 13.5. The van der Waals surface area contributed by atoms with Crippen LogP contribution in [-0.4, -0.2) is 0 Å². The van der Waals surface area contributed by atoms with Gasteiger partial charge in [-0.25, -0.2) is 8.78 Å². The average Bonchev–Trinajstić information content (AvgIpc) is 2.33. The van der Waals surface area contributed by atoms with Crippen molar-refractivity contribution < 1.29 is 8.78 Å². The largest absolute Gasteiger partial charge is 0.207 e. The molecule has 0 aliphatic carbocycles. The molecule has 0 bridgehead atoms. The number of halogens is 4. The predicted octanol–water partition coefficient (Wildman–Crippen LogP) is 5.25. The van der Waals surface area contributed by atoms with Gasteiger partial charge in [-0.1, -0.05) is 34.1 Å². The zero-order chi connectivity index (χ0) is 13.1. The lowest BCUT2D eigenvalue weighted by Crippen LogP contribution is -1.98. The van der Waals surface area contributed by atoms with Crippen molar-refractivity contribution in [3.05, 3.63) is 68.8 Å². The van der Waals surface area contributed by atoms with Crippen molar-refractivity contribution in [3.63, 3.8) is 0 Å². The summed E-state index contributed by atoms with van der Waals surface area (Å²) >= 11 is 5.77. The van der Waals surface area contributed by atoms with E-state index >= 15 is 0 Å². The van der Waals surface area contributed by atoms with Gasteiger partial charge in [0.15, 0.2) is 0 Å². The van der Waals surface area contributed by atoms with Crippen LogP contribution in [0, 0.1) is 15.2 Å². The maximum Gasteiger partial charge on any atom is 0.129 e. The lowest BCUT2D eigenvalue weighted by Gasteiger charge is -2.11. The number of benzene rings is 2. The monoisotopic (exact) mass is 422 g/mol. The first-order chi connectivity index (χ1) is 8.56. The van der Waals surface area contributed by atoms with Crippen molar-refractivity contribution in [2.75, 3.05) is 0 Å². The van der Waals surface area contributed by atoms with Crippen molar-refractivity contribution in [2.24, 2.45) is 0 Å². The van der Waals surface area contributed by atoms with Gasteiger partial charge < -0.3 is 0 Å². The van der Waals surface area contributed by atoms with Crippen LogP contribution in [0.2, 0.25) is 0 Å². The number of hydrogen-bond acceptors (Lipinski definition) is 0. The molecule has 1 atom stereocenters. The highest BCUT2D eigenvalue weighted by Gasteiger charge is 2.12. The summed E-state index contributed by atoms with van der Waals surface area (Å²) in [6.07, 6.45) is 0.493. The maximum absolute atomic E-state index is 13.5. The van der Waals surface area contributed by atoms with Gasteiger partial charge in [0.25, 0.3) is 0 Å². The van der Waals surface area contributed by atoms with E-state index in [0.717, 1.165) is 15.2 Å². The molecule has 0 aliphatic heterocycles. The van der Waals surface area contributed by atoms with Gasteiger partial charge in [0.2, 0.25) is 0 Å². The Balaban J connectivity index is 2.15. The van der Waals surface area contributed by atoms with Crippen LogP contribution >= 0.6 is 38.5 Å². The molecule has 0 aromatic heterocycles. The normalized spacial score (nSPS) is 12.4. The minimum Gasteiger partial charge on any atom is -0.207 e. The van der Waals surface area contributed by atoms with Crippen LogP contribution < -0.4 is 0 Å². The molecule has 0 saturated carbocycles. The van der Waals surface area contributed by atoms with Crippen LogP contribution in [0.4, 0.5) is 8.78 Å². The molecule has 0 N–H and O–H groups in total. The Morgan fingerprint density at radius 3 is 2.33 bits per heavy atom. The molecule has 0 nitrogen and oxygen atoms in total. The summed E-state index contributed by atoms with van der Waals surface area (Å²) in [7, 11) is 0. The Kier molecular flexibility index (Phi) is 4.72. The van der Waals surface area contributed by atoms with Gasteiger partial charge in [-0.15, -0.1) is 0 Å². The standard InChI is InChI=1S/C14H10BrF2I/c15-13(9-2-5-12(18)6-3-9)7-10-1-4-11(16)8-14(10)17/h1-6,8,13H,7H2. The van der Waals surface area contributed by atoms with Gasteiger partial charge >= 0.3 is 0 Å². The van der Waals surface area contributed by atoms with Crippen molar-refractivity contribution in [2.45, 2.75) is 11.2 Å². The molecule has 2 aromatic rings. The third-order valence-corrected chi connectivity index (χ3v) is 4.22. The molecule has 4 heteroatoms. The third-order valence-electron chi connectivity index (χ3n) is 2.65. The molecular weight excluding hydrogens is 413 g/mol. The van der Waals surface area contributed by atoms with Crippen LogP contribution in [0.5, 0.6) is 0 Å². The summed E-state index contributed by atoms with van der Waals surface area (Å²) in [5, 5.41) is 0. The zero-order valence-electron chi connectivity index (χ0n) is 9.34. The Hall–Kier alpha value is -0.490. The molecule has 0 spiro atoms. The van der Waals surface area contributed by atoms with E-state index in [9.17, 15) is 8.78 Å². The Labute approximate surface area is 127 Å². The summed E-state index contributed by atoms with van der Waals surface area (Å²) in [6.45, 7) is 0. The quantitative estimate of drug-likeness (QED) is 0.468. The fourth-order valence-corrected chi connectivity index (χ4v) is 2.68. The third kappa shape index (κ3) is 3.51. The van der Waals surface area contributed by atoms with Crippen LogP contribution in [-0.2, 0) is 6.42 Å². The molecule has 0 aliphatic rings. The van der Waals surface area contributed by atoms with Crippen LogP contribution in [0.15, 0.2) is 42.5 Å². The van der Waals surface area contributed by atoms with E-state index in [1.165, 1.54) is 12.1 Å². The van der Waals surface area contributed by atoms with Crippen LogP contribution in [0.1, 0.15) is 16.0 Å². The van der Waals surface area contributed by atoms with Gasteiger partial charge in [0.1, 0.15) is 11.6 Å². The molecule has 2 aromatic carbocycles. The molecule has 0 amide bonds. The molecule has 0 fully saturated rings. The van der Waals surface area contributed by atoms with Gasteiger partial charge in [-0.05, 0) is 58.3 Å². The van der Waals surface area contributed by atoms with Crippen LogP contribution in [0.25, 0.3) is 0 Å². The first-order valence-corrected chi connectivity index (χ1v) is 7.39. The summed E-state index contributed by atoms with van der Waals surface area (Å²) in [4.78, 5) is 0.0226. The molecule has 2 rings (SSSR count). The van der Waals surface area contributed by atoms with Gasteiger partial charge in [0, 0.05) is 14.5 Å². The summed E-state index contributed by atoms with van der Waals surface area (Å²) in [5.41, 5.74) is 1.59. The SMILES string of the molecule is Fc1ccc(CC(Br)c2ccc(I)cc2)c(F)c1. The molecule has 1 unspecified atom stereocenters. The second-order valence-corrected chi connectivity index (χ2v) is 6.31. The summed E-state index contributed by atoms with van der Waals surface area (Å²) in [5.74, 6) is -1.04. The van der Waals surface area contributed by atoms with Crippen molar-refractivity contribution >= 4 is 38.5 Å². The molecular formula is C14H10BrF2I. The van der Waals surface area contributed by atoms with Crippen molar-refractivity contribution in [1.82, 2.24) is 0 Å². The summed E-state index contributed by atoms with van der Waals surface area (Å²) < 4.78 is 27.5. The lowest BCUT2D eigenvalue weighted by atomic mass is 10.0. The van der Waals surface area contributed by atoms with E-state index in [1.807, 2.05) is 24.3 Å². The highest BCUT2D eigenvalue weighted by atomic mass is 127. The molecule has 0 radical (unpaired) electrons. The first-order valence-electron chi connectivity index (χ1n) is 5.40. The van der Waals surface area contributed by atoms with E-state index < -0.39 is 11.6 Å². The van der Waals surface area contributed by atoms with E-state index in [0.29, 0.717) is 12.0 Å². The smallest absolute Gasteiger partial charge is 0.129 e. The van der Waals surface area contributed by atoms with E-state index in [1.54, 1.807) is 0 Å². The van der Waals surface area contributed by atoms with E-state index in [2.05, 4.69) is 38.5 Å². The lowest BCUT2D eigenvalue weighted by molar-refractivity contribution is 0.571. The fourth-order valence-electron chi connectivity index (χ4n) is 1.67. The average molecular weight is 423 g/mol. The topological polar surface area (TPSA) is 0 Å². The second-order valence-electron chi connectivity index (χ2n) is 3.96. The van der Waals surface area contributed by atoms with E-state index in [4.69, 9.17) is 0 Å². The summed E-state index contributed by atoms with van der Waals surface area (Å²) in [6, 6.07) is 11.7. The van der Waals surface area contributed by atoms with Crippen molar-refractivity contribution in [3.8, 4) is 0 Å². The van der Waals surface area contributed by atoms with E-state index in [-0.39, 0.29) is 4.83 Å².